The topological polar surface area (TPSA) is 144 Å². The molecule has 0 unspecified atom stereocenters. The van der Waals surface area contributed by atoms with Crippen LogP contribution in [0.3, 0.4) is 0 Å². The van der Waals surface area contributed by atoms with E-state index in [1.54, 1.807) is 5.48 Å². The van der Waals surface area contributed by atoms with Crippen molar-refractivity contribution in [3.8, 4) is 17.2 Å². The summed E-state index contributed by atoms with van der Waals surface area (Å²) in [7, 11) is 0. The second-order valence-electron chi connectivity index (χ2n) is 2.71. The molecule has 16 heavy (non-hydrogen) atoms. The van der Waals surface area contributed by atoms with Gasteiger partial charge in [0.1, 0.15) is 0 Å². The highest BCUT2D eigenvalue weighted by Crippen LogP contribution is 2.36. The molecule has 0 saturated carbocycles. The van der Waals surface area contributed by atoms with E-state index in [2.05, 4.69) is 10.2 Å². The van der Waals surface area contributed by atoms with Gasteiger partial charge in [-0.05, 0) is 12.1 Å². The van der Waals surface area contributed by atoms with Crippen molar-refractivity contribution in [2.45, 2.75) is 0 Å². The summed E-state index contributed by atoms with van der Waals surface area (Å²) in [6.07, 6.45) is 1.08. The van der Waals surface area contributed by atoms with Gasteiger partial charge in [0.2, 0.25) is 11.7 Å². The van der Waals surface area contributed by atoms with Crippen LogP contribution in [0.1, 0.15) is 5.56 Å². The zero-order valence-corrected chi connectivity index (χ0v) is 7.99. The highest BCUT2D eigenvalue weighted by Gasteiger charge is 2.08. The number of guanidine groups is 1. The van der Waals surface area contributed by atoms with Gasteiger partial charge in [0.15, 0.2) is 11.5 Å². The number of rotatable bonds is 2. The Hall–Kier alpha value is -2.48. The maximum absolute atomic E-state index is 9.35. The predicted molar refractivity (Wildman–Crippen MR) is 55.6 cm³/mol. The number of hydrogen-bond donors (Lipinski definition) is 6. The Morgan fingerprint density at radius 1 is 1.25 bits per heavy atom. The first-order chi connectivity index (χ1) is 7.56. The first-order valence-corrected chi connectivity index (χ1v) is 4.06. The summed E-state index contributed by atoms with van der Waals surface area (Å²) in [6.45, 7) is 0. The largest absolute Gasteiger partial charge is 0.504 e. The quantitative estimate of drug-likeness (QED) is 0.172. The third kappa shape index (κ3) is 2.51. The normalized spacial score (nSPS) is 11.9. The molecule has 0 aliphatic heterocycles. The van der Waals surface area contributed by atoms with Crippen LogP contribution in [0.25, 0.3) is 0 Å². The van der Waals surface area contributed by atoms with E-state index in [-0.39, 0.29) is 11.5 Å². The smallest absolute Gasteiger partial charge is 0.237 e. The number of aromatic hydroxyl groups is 3. The minimum Gasteiger partial charge on any atom is -0.504 e. The van der Waals surface area contributed by atoms with E-state index < -0.39 is 17.2 Å². The number of nitrogens with one attached hydrogen (secondary N) is 1. The lowest BCUT2D eigenvalue weighted by molar-refractivity contribution is 0.232. The lowest BCUT2D eigenvalue weighted by Gasteiger charge is -2.02. The number of hydrogen-bond acceptors (Lipinski definition) is 6. The SMILES string of the molecule is N/C(=N\N=C/c1ccc(O)c(O)c1O)NO. The lowest BCUT2D eigenvalue weighted by atomic mass is 10.2. The molecule has 8 heteroatoms. The average molecular weight is 226 g/mol. The fourth-order valence-electron chi connectivity index (χ4n) is 0.864. The highest BCUT2D eigenvalue weighted by molar-refractivity contribution is 5.86. The monoisotopic (exact) mass is 226 g/mol. The summed E-state index contributed by atoms with van der Waals surface area (Å²) in [6, 6.07) is 2.49. The van der Waals surface area contributed by atoms with Gasteiger partial charge in [0.25, 0.3) is 0 Å². The van der Waals surface area contributed by atoms with Crippen molar-refractivity contribution in [1.82, 2.24) is 5.48 Å². The van der Waals surface area contributed by atoms with E-state index in [9.17, 15) is 5.11 Å². The highest BCUT2D eigenvalue weighted by atomic mass is 16.5. The third-order valence-electron chi connectivity index (χ3n) is 1.64. The molecule has 1 aromatic rings. The van der Waals surface area contributed by atoms with Gasteiger partial charge in [-0.2, -0.15) is 5.10 Å². The van der Waals surface area contributed by atoms with Crippen LogP contribution in [0.4, 0.5) is 0 Å². The molecule has 0 aliphatic rings. The van der Waals surface area contributed by atoms with E-state index in [4.69, 9.17) is 21.2 Å². The standard InChI is InChI=1S/C8H10N4O4/c9-8(12-16)11-10-3-4-1-2-5(13)7(15)6(4)14/h1-3,13-16H,(H3,9,11,12)/b10-3-. The molecule has 0 heterocycles. The van der Waals surface area contributed by atoms with Crippen LogP contribution in [-0.4, -0.2) is 32.7 Å². The van der Waals surface area contributed by atoms with Crippen LogP contribution in [0.2, 0.25) is 0 Å². The van der Waals surface area contributed by atoms with Crippen molar-refractivity contribution < 1.29 is 20.5 Å². The molecule has 1 aromatic carbocycles. The number of nitrogens with two attached hydrogens (primary N) is 1. The van der Waals surface area contributed by atoms with Gasteiger partial charge in [-0.15, -0.1) is 5.10 Å². The summed E-state index contributed by atoms with van der Waals surface area (Å²) in [5.74, 6) is -1.97. The number of nitrogens with zero attached hydrogens (tertiary/aromatic N) is 2. The van der Waals surface area contributed by atoms with E-state index in [0.717, 1.165) is 6.21 Å². The van der Waals surface area contributed by atoms with Gasteiger partial charge in [0.05, 0.1) is 6.21 Å². The molecule has 0 atom stereocenters. The maximum atomic E-state index is 9.35. The van der Waals surface area contributed by atoms with Crippen LogP contribution < -0.4 is 11.2 Å². The van der Waals surface area contributed by atoms with E-state index >= 15 is 0 Å². The minimum atomic E-state index is -0.652. The zero-order valence-electron chi connectivity index (χ0n) is 7.99. The Balaban J connectivity index is 2.95. The summed E-state index contributed by atoms with van der Waals surface area (Å²) in [5, 5.41) is 42.5. The van der Waals surface area contributed by atoms with E-state index in [1.807, 2.05) is 0 Å². The predicted octanol–water partition coefficient (Wildman–Crippen LogP) is -0.569. The Labute approximate surface area is 89.9 Å². The van der Waals surface area contributed by atoms with Crippen molar-refractivity contribution in [2.24, 2.45) is 15.9 Å². The van der Waals surface area contributed by atoms with Crippen molar-refractivity contribution in [3.05, 3.63) is 17.7 Å². The zero-order chi connectivity index (χ0) is 12.1. The second-order valence-corrected chi connectivity index (χ2v) is 2.71. The van der Waals surface area contributed by atoms with Gasteiger partial charge in [-0.1, -0.05) is 0 Å². The molecule has 0 saturated heterocycles. The molecular formula is C8H10N4O4. The molecular weight excluding hydrogens is 216 g/mol. The molecule has 1 rings (SSSR count). The first kappa shape index (κ1) is 11.6. The second kappa shape index (κ2) is 4.84. The Bertz CT molecular complexity index is 444. The minimum absolute atomic E-state index is 0.129. The van der Waals surface area contributed by atoms with Crippen molar-refractivity contribution in [2.75, 3.05) is 0 Å². The lowest BCUT2D eigenvalue weighted by Crippen LogP contribution is -2.27. The summed E-state index contributed by atoms with van der Waals surface area (Å²) < 4.78 is 0. The van der Waals surface area contributed by atoms with Crippen molar-refractivity contribution >= 4 is 12.2 Å². The van der Waals surface area contributed by atoms with Crippen LogP contribution >= 0.6 is 0 Å². The summed E-state index contributed by atoms with van der Waals surface area (Å²) in [5.41, 5.74) is 6.73. The van der Waals surface area contributed by atoms with Crippen molar-refractivity contribution in [1.29, 1.82) is 0 Å². The molecule has 86 valence electrons. The summed E-state index contributed by atoms with van der Waals surface area (Å²) >= 11 is 0. The van der Waals surface area contributed by atoms with E-state index in [1.165, 1.54) is 12.1 Å². The molecule has 8 nitrogen and oxygen atoms in total. The average Bonchev–Trinajstić information content (AvgIpc) is 2.29. The van der Waals surface area contributed by atoms with Gasteiger partial charge in [-0.25, -0.2) is 5.48 Å². The summed E-state index contributed by atoms with van der Waals surface area (Å²) in [4.78, 5) is 0. The molecule has 0 amide bonds. The van der Waals surface area contributed by atoms with Crippen LogP contribution in [-0.2, 0) is 0 Å². The molecule has 0 aliphatic carbocycles. The number of phenols is 3. The van der Waals surface area contributed by atoms with Crippen LogP contribution in [0.5, 0.6) is 17.2 Å². The molecule has 0 spiro atoms. The van der Waals surface area contributed by atoms with Gasteiger partial charge in [0, 0.05) is 5.56 Å². The molecule has 7 N–H and O–H groups in total. The molecule has 0 fully saturated rings. The first-order valence-electron chi connectivity index (χ1n) is 4.06. The van der Waals surface area contributed by atoms with Gasteiger partial charge < -0.3 is 21.1 Å². The van der Waals surface area contributed by atoms with Crippen LogP contribution in [0.15, 0.2) is 22.3 Å². The molecule has 0 aromatic heterocycles. The number of phenolic OH excluding ortho intramolecular Hbond substituents is 3. The number of hydroxylamine groups is 1. The van der Waals surface area contributed by atoms with Gasteiger partial charge in [-0.3, -0.25) is 5.21 Å². The fourth-order valence-corrected chi connectivity index (χ4v) is 0.864. The van der Waals surface area contributed by atoms with Gasteiger partial charge >= 0.3 is 0 Å². The Kier molecular flexibility index (Phi) is 3.51. The molecule has 0 bridgehead atoms. The van der Waals surface area contributed by atoms with E-state index in [0.29, 0.717) is 0 Å². The number of benzene rings is 1. The van der Waals surface area contributed by atoms with Crippen LogP contribution in [0, 0.1) is 0 Å². The third-order valence-corrected chi connectivity index (χ3v) is 1.64. The molecule has 0 radical (unpaired) electrons. The maximum Gasteiger partial charge on any atom is 0.237 e. The van der Waals surface area contributed by atoms with Crippen molar-refractivity contribution in [3.63, 3.8) is 0 Å². The fraction of sp³-hybridized carbons (Fsp3) is 0. The Morgan fingerprint density at radius 2 is 1.94 bits per heavy atom. The Morgan fingerprint density at radius 3 is 2.56 bits per heavy atom.